The van der Waals surface area contributed by atoms with Gasteiger partial charge in [0.1, 0.15) is 11.6 Å². The molecular formula is C22H28N4O3S2. The minimum atomic E-state index is -3.71. The first-order valence-corrected chi connectivity index (χ1v) is 12.9. The van der Waals surface area contributed by atoms with Crippen molar-refractivity contribution in [2.45, 2.75) is 37.1 Å². The van der Waals surface area contributed by atoms with Gasteiger partial charge < -0.3 is 10.1 Å². The molecule has 3 aromatic rings. The summed E-state index contributed by atoms with van der Waals surface area (Å²) in [5.41, 5.74) is 1.30. The van der Waals surface area contributed by atoms with Crippen LogP contribution in [0, 0.1) is 0 Å². The van der Waals surface area contributed by atoms with Crippen molar-refractivity contribution in [1.29, 1.82) is 0 Å². The summed E-state index contributed by atoms with van der Waals surface area (Å²) in [5, 5.41) is 9.40. The predicted octanol–water partition coefficient (Wildman–Crippen LogP) is 3.81. The summed E-state index contributed by atoms with van der Waals surface area (Å²) in [6.45, 7) is 4.68. The Morgan fingerprint density at radius 3 is 2.77 bits per heavy atom. The van der Waals surface area contributed by atoms with Gasteiger partial charge in [0.05, 0.1) is 16.2 Å². The molecule has 0 saturated carbocycles. The molecule has 3 N–H and O–H groups in total. The Hall–Kier alpha value is -2.20. The van der Waals surface area contributed by atoms with Crippen LogP contribution in [0.1, 0.15) is 31.2 Å². The lowest BCUT2D eigenvalue weighted by Gasteiger charge is -2.26. The monoisotopic (exact) mass is 460 g/mol. The molecule has 0 bridgehead atoms. The van der Waals surface area contributed by atoms with Crippen molar-refractivity contribution in [2.24, 2.45) is 5.14 Å². The Labute approximate surface area is 187 Å². The maximum absolute atomic E-state index is 11.5. The molecule has 9 heteroatoms. The largest absolute Gasteiger partial charge is 0.494 e. The summed E-state index contributed by atoms with van der Waals surface area (Å²) < 4.78 is 34.1. The number of nitrogens with two attached hydrogens (primary N) is 1. The summed E-state index contributed by atoms with van der Waals surface area (Å²) in [6.07, 6.45) is 4.77. The lowest BCUT2D eigenvalue weighted by atomic mass is 10.1. The molecule has 0 spiro atoms. The van der Waals surface area contributed by atoms with E-state index in [1.807, 2.05) is 6.07 Å². The number of hydrogen-bond donors (Lipinski definition) is 2. The van der Waals surface area contributed by atoms with Gasteiger partial charge in [-0.1, -0.05) is 18.6 Å². The van der Waals surface area contributed by atoms with Gasteiger partial charge in [-0.2, -0.15) is 4.37 Å². The molecule has 31 heavy (non-hydrogen) atoms. The molecule has 0 radical (unpaired) electrons. The molecule has 166 valence electrons. The van der Waals surface area contributed by atoms with Gasteiger partial charge in [0.2, 0.25) is 10.0 Å². The van der Waals surface area contributed by atoms with Crippen molar-refractivity contribution >= 4 is 37.5 Å². The number of primary sulfonamides is 1. The van der Waals surface area contributed by atoms with Gasteiger partial charge in [0, 0.05) is 18.5 Å². The quantitative estimate of drug-likeness (QED) is 0.471. The van der Waals surface area contributed by atoms with E-state index in [4.69, 9.17) is 9.88 Å². The molecule has 1 fully saturated rings. The van der Waals surface area contributed by atoms with Gasteiger partial charge >= 0.3 is 0 Å². The third-order valence-electron chi connectivity index (χ3n) is 5.41. The molecular weight excluding hydrogens is 432 g/mol. The third-order valence-corrected chi connectivity index (χ3v) is 7.13. The summed E-state index contributed by atoms with van der Waals surface area (Å²) in [7, 11) is -3.71. The number of piperidine rings is 1. The van der Waals surface area contributed by atoms with Crippen LogP contribution >= 0.6 is 11.5 Å². The molecule has 0 amide bonds. The SMILES string of the molecule is NS(=O)(=O)c1ccc2c(NCCCOc3cccc(CN4CCCCC4)c3)nsc2c1. The van der Waals surface area contributed by atoms with E-state index >= 15 is 0 Å². The molecule has 1 aliphatic rings. The molecule has 7 nitrogen and oxygen atoms in total. The second-order valence-corrected chi connectivity index (χ2v) is 10.2. The van der Waals surface area contributed by atoms with E-state index in [1.54, 1.807) is 12.1 Å². The Balaban J connectivity index is 1.24. The minimum absolute atomic E-state index is 0.103. The second kappa shape index (κ2) is 9.95. The number of aromatic nitrogens is 1. The van der Waals surface area contributed by atoms with Crippen molar-refractivity contribution in [2.75, 3.05) is 31.6 Å². The zero-order valence-electron chi connectivity index (χ0n) is 17.4. The molecule has 2 aromatic carbocycles. The number of anilines is 1. The lowest BCUT2D eigenvalue weighted by Crippen LogP contribution is -2.29. The molecule has 1 saturated heterocycles. The van der Waals surface area contributed by atoms with Gasteiger partial charge in [-0.3, -0.25) is 4.90 Å². The first-order chi connectivity index (χ1) is 15.0. The number of nitrogens with zero attached hydrogens (tertiary/aromatic N) is 2. The fourth-order valence-electron chi connectivity index (χ4n) is 3.80. The molecule has 4 rings (SSSR count). The maximum atomic E-state index is 11.5. The molecule has 0 aliphatic carbocycles. The highest BCUT2D eigenvalue weighted by molar-refractivity contribution is 7.89. The zero-order chi connectivity index (χ0) is 21.7. The highest BCUT2D eigenvalue weighted by Gasteiger charge is 2.12. The number of sulfonamides is 1. The van der Waals surface area contributed by atoms with E-state index < -0.39 is 10.0 Å². The first-order valence-electron chi connectivity index (χ1n) is 10.6. The summed E-state index contributed by atoms with van der Waals surface area (Å²) in [4.78, 5) is 2.61. The number of likely N-dealkylation sites (tertiary alicyclic amines) is 1. The number of nitrogens with one attached hydrogen (secondary N) is 1. The molecule has 0 unspecified atom stereocenters. The Morgan fingerprint density at radius 2 is 1.97 bits per heavy atom. The van der Waals surface area contributed by atoms with E-state index in [-0.39, 0.29) is 4.90 Å². The number of hydrogen-bond acceptors (Lipinski definition) is 7. The van der Waals surface area contributed by atoms with Crippen molar-refractivity contribution in [3.8, 4) is 5.75 Å². The Kier molecular flexibility index (Phi) is 7.06. The van der Waals surface area contributed by atoms with Crippen molar-refractivity contribution < 1.29 is 13.2 Å². The van der Waals surface area contributed by atoms with Crippen LogP contribution in [0.3, 0.4) is 0 Å². The Bertz CT molecular complexity index is 1120. The highest BCUT2D eigenvalue weighted by atomic mass is 32.2. The smallest absolute Gasteiger partial charge is 0.238 e. The van der Waals surface area contributed by atoms with Gasteiger partial charge in [0.25, 0.3) is 0 Å². The third kappa shape index (κ3) is 5.94. The Morgan fingerprint density at radius 1 is 1.13 bits per heavy atom. The van der Waals surface area contributed by atoms with Crippen LogP contribution in [0.5, 0.6) is 5.75 Å². The number of rotatable bonds is 9. The van der Waals surface area contributed by atoms with Gasteiger partial charge in [-0.15, -0.1) is 0 Å². The summed E-state index contributed by atoms with van der Waals surface area (Å²) in [5.74, 6) is 1.66. The first kappa shape index (κ1) is 22.0. The van der Waals surface area contributed by atoms with Gasteiger partial charge in [-0.05, 0) is 79.8 Å². The summed E-state index contributed by atoms with van der Waals surface area (Å²) in [6, 6.07) is 13.2. The van der Waals surface area contributed by atoms with Crippen molar-refractivity contribution in [3.05, 3.63) is 48.0 Å². The van der Waals surface area contributed by atoms with Crippen LogP contribution in [-0.4, -0.2) is 43.9 Å². The fraction of sp³-hybridized carbons (Fsp3) is 0.409. The van der Waals surface area contributed by atoms with E-state index in [1.165, 1.54) is 55.5 Å². The standard InChI is InChI=1S/C22H28N4O3S2/c23-31(27,28)19-8-9-20-21(15-19)30-25-22(20)24-10-5-13-29-18-7-4-6-17(14-18)16-26-11-2-1-3-12-26/h4,6-9,14-15H,1-3,5,10-13,16H2,(H,24,25)(H2,23,27,28). The van der Waals surface area contributed by atoms with Crippen LogP contribution < -0.4 is 15.2 Å². The normalized spacial score (nSPS) is 15.3. The molecule has 2 heterocycles. The van der Waals surface area contributed by atoms with Crippen molar-refractivity contribution in [3.63, 3.8) is 0 Å². The number of fused-ring (bicyclic) bond motifs is 1. The average molecular weight is 461 g/mol. The summed E-state index contributed by atoms with van der Waals surface area (Å²) >= 11 is 1.25. The van der Waals surface area contributed by atoms with E-state index in [0.717, 1.165) is 34.6 Å². The van der Waals surface area contributed by atoms with E-state index in [0.29, 0.717) is 13.2 Å². The van der Waals surface area contributed by atoms with E-state index in [2.05, 4.69) is 32.8 Å². The highest BCUT2D eigenvalue weighted by Crippen LogP contribution is 2.28. The number of ether oxygens (including phenoxy) is 1. The molecule has 1 aromatic heterocycles. The van der Waals surface area contributed by atoms with Crippen LogP contribution in [-0.2, 0) is 16.6 Å². The minimum Gasteiger partial charge on any atom is -0.494 e. The van der Waals surface area contributed by atoms with Crippen LogP contribution in [0.25, 0.3) is 10.1 Å². The second-order valence-electron chi connectivity index (χ2n) is 7.85. The van der Waals surface area contributed by atoms with Crippen LogP contribution in [0.2, 0.25) is 0 Å². The predicted molar refractivity (Wildman–Crippen MR) is 125 cm³/mol. The zero-order valence-corrected chi connectivity index (χ0v) is 19.1. The van der Waals surface area contributed by atoms with Crippen LogP contribution in [0.4, 0.5) is 5.82 Å². The van der Waals surface area contributed by atoms with Crippen molar-refractivity contribution in [1.82, 2.24) is 9.27 Å². The van der Waals surface area contributed by atoms with Gasteiger partial charge in [0.15, 0.2) is 0 Å². The fourth-order valence-corrected chi connectivity index (χ4v) is 5.21. The lowest BCUT2D eigenvalue weighted by molar-refractivity contribution is 0.220. The maximum Gasteiger partial charge on any atom is 0.238 e. The number of benzene rings is 2. The molecule has 1 aliphatic heterocycles. The topological polar surface area (TPSA) is 97.5 Å². The molecule has 0 atom stereocenters. The van der Waals surface area contributed by atoms with Crippen LogP contribution in [0.15, 0.2) is 47.4 Å². The van der Waals surface area contributed by atoms with E-state index in [9.17, 15) is 8.42 Å². The van der Waals surface area contributed by atoms with Gasteiger partial charge in [-0.25, -0.2) is 13.6 Å². The average Bonchev–Trinajstić information content (AvgIpc) is 3.16.